The van der Waals surface area contributed by atoms with Gasteiger partial charge in [-0.05, 0) is 55.5 Å². The van der Waals surface area contributed by atoms with Crippen LogP contribution in [0, 0.1) is 18.6 Å². The van der Waals surface area contributed by atoms with E-state index in [2.05, 4.69) is 4.98 Å². The Morgan fingerprint density at radius 3 is 2.41 bits per heavy atom. The van der Waals surface area contributed by atoms with Gasteiger partial charge in [0.15, 0.2) is 5.82 Å². The number of aromatic nitrogens is 1. The van der Waals surface area contributed by atoms with Crippen LogP contribution in [0.4, 0.5) is 27.6 Å². The van der Waals surface area contributed by atoms with E-state index in [9.17, 15) is 30.4 Å². The summed E-state index contributed by atoms with van der Waals surface area (Å²) < 4.78 is 99.7. The topological polar surface area (TPSA) is 68.3 Å². The zero-order valence-corrected chi connectivity index (χ0v) is 18.1. The number of rotatable bonds is 5. The monoisotopic (exact) mass is 494 g/mol. The highest BCUT2D eigenvalue weighted by atomic mass is 32.2. The molecule has 0 saturated carbocycles. The van der Waals surface area contributed by atoms with Gasteiger partial charge >= 0.3 is 6.18 Å². The summed E-state index contributed by atoms with van der Waals surface area (Å²) in [6.45, 7) is 1.70. The van der Waals surface area contributed by atoms with Crippen molar-refractivity contribution in [2.75, 3.05) is 4.72 Å². The number of sulfonamides is 1. The van der Waals surface area contributed by atoms with Gasteiger partial charge < -0.3 is 4.74 Å². The van der Waals surface area contributed by atoms with Crippen molar-refractivity contribution in [2.24, 2.45) is 0 Å². The lowest BCUT2D eigenvalue weighted by Crippen LogP contribution is -2.15. The highest BCUT2D eigenvalue weighted by Crippen LogP contribution is 2.33. The maximum atomic E-state index is 14.7. The summed E-state index contributed by atoms with van der Waals surface area (Å²) in [6.07, 6.45) is -4.74. The van der Waals surface area contributed by atoms with Crippen LogP contribution in [0.2, 0.25) is 0 Å². The number of pyridine rings is 1. The number of benzene rings is 3. The van der Waals surface area contributed by atoms with E-state index in [0.29, 0.717) is 22.7 Å². The smallest absolute Gasteiger partial charge is 0.416 e. The van der Waals surface area contributed by atoms with Gasteiger partial charge in [-0.3, -0.25) is 9.71 Å². The van der Waals surface area contributed by atoms with E-state index < -0.39 is 44.0 Å². The van der Waals surface area contributed by atoms with E-state index in [0.717, 1.165) is 30.3 Å². The lowest BCUT2D eigenvalue weighted by Gasteiger charge is -2.13. The van der Waals surface area contributed by atoms with Gasteiger partial charge in [-0.25, -0.2) is 17.2 Å². The second-order valence-corrected chi connectivity index (χ2v) is 8.98. The van der Waals surface area contributed by atoms with Gasteiger partial charge in [-0.2, -0.15) is 13.2 Å². The number of nitrogens with zero attached hydrogens (tertiary/aromatic N) is 1. The first-order chi connectivity index (χ1) is 15.9. The van der Waals surface area contributed by atoms with Crippen molar-refractivity contribution in [3.8, 4) is 11.5 Å². The van der Waals surface area contributed by atoms with Gasteiger partial charge in [0.25, 0.3) is 10.0 Å². The average molecular weight is 494 g/mol. The molecule has 0 fully saturated rings. The Morgan fingerprint density at radius 2 is 1.71 bits per heavy atom. The Kier molecular flexibility index (Phi) is 5.90. The molecular weight excluding hydrogens is 479 g/mol. The van der Waals surface area contributed by atoms with Gasteiger partial charge in [-0.15, -0.1) is 0 Å². The number of hydrogen-bond donors (Lipinski definition) is 1. The van der Waals surface area contributed by atoms with E-state index in [1.54, 1.807) is 6.92 Å². The first-order valence-electron chi connectivity index (χ1n) is 9.67. The molecule has 4 rings (SSSR count). The molecule has 0 aliphatic rings. The van der Waals surface area contributed by atoms with Crippen molar-refractivity contribution in [3.05, 3.63) is 89.6 Å². The fourth-order valence-corrected chi connectivity index (χ4v) is 4.30. The molecule has 176 valence electrons. The molecule has 0 saturated heterocycles. The molecular formula is C23H15F5N2O3S. The number of fused-ring (bicyclic) bond motifs is 1. The van der Waals surface area contributed by atoms with Crippen LogP contribution >= 0.6 is 0 Å². The van der Waals surface area contributed by atoms with Crippen LogP contribution in [0.25, 0.3) is 10.9 Å². The fraction of sp³-hybridized carbons (Fsp3) is 0.0870. The zero-order valence-electron chi connectivity index (χ0n) is 17.3. The number of alkyl halides is 3. The third-order valence-electron chi connectivity index (χ3n) is 4.75. The number of aryl methyl sites for hydroxylation is 1. The van der Waals surface area contributed by atoms with Crippen molar-refractivity contribution in [2.45, 2.75) is 18.0 Å². The van der Waals surface area contributed by atoms with E-state index in [1.807, 2.05) is 4.72 Å². The lowest BCUT2D eigenvalue weighted by molar-refractivity contribution is -0.137. The summed E-state index contributed by atoms with van der Waals surface area (Å²) in [5.74, 6) is -1.36. The molecule has 0 spiro atoms. The second kappa shape index (κ2) is 8.56. The largest absolute Gasteiger partial charge is 0.456 e. The zero-order chi connectivity index (χ0) is 24.7. The van der Waals surface area contributed by atoms with E-state index >= 15 is 0 Å². The molecule has 0 aliphatic heterocycles. The number of halogens is 5. The highest BCUT2D eigenvalue weighted by Gasteiger charge is 2.31. The first-order valence-corrected chi connectivity index (χ1v) is 11.1. The molecule has 5 nitrogen and oxygen atoms in total. The molecule has 1 heterocycles. The molecule has 11 heteroatoms. The van der Waals surface area contributed by atoms with Crippen molar-refractivity contribution in [3.63, 3.8) is 0 Å². The quantitative estimate of drug-likeness (QED) is 0.325. The Balaban J connectivity index is 1.61. The van der Waals surface area contributed by atoms with Crippen molar-refractivity contribution < 1.29 is 35.1 Å². The SMILES string of the molecule is Cc1cc(Oc2ccc(NS(=O)(=O)c3cccc(C(F)(F)F)c3)c(F)c2)c2cc(F)ccc2n1. The van der Waals surface area contributed by atoms with Crippen LogP contribution in [0.1, 0.15) is 11.3 Å². The molecule has 34 heavy (non-hydrogen) atoms. The van der Waals surface area contributed by atoms with Crippen LogP contribution in [0.15, 0.2) is 71.6 Å². The molecule has 0 aliphatic carbocycles. The van der Waals surface area contributed by atoms with E-state index in [1.165, 1.54) is 30.3 Å². The lowest BCUT2D eigenvalue weighted by atomic mass is 10.2. The Morgan fingerprint density at radius 1 is 0.941 bits per heavy atom. The average Bonchev–Trinajstić information content (AvgIpc) is 2.75. The summed E-state index contributed by atoms with van der Waals surface area (Å²) in [7, 11) is -4.51. The predicted octanol–water partition coefficient (Wildman–Crippen LogP) is 6.43. The first kappa shape index (κ1) is 23.4. The van der Waals surface area contributed by atoms with E-state index in [-0.39, 0.29) is 11.5 Å². The summed E-state index contributed by atoms with van der Waals surface area (Å²) in [4.78, 5) is 3.60. The highest BCUT2D eigenvalue weighted by molar-refractivity contribution is 7.92. The minimum Gasteiger partial charge on any atom is -0.456 e. The van der Waals surface area contributed by atoms with Gasteiger partial charge in [0.05, 0.1) is 21.7 Å². The third kappa shape index (κ3) is 4.93. The molecule has 0 atom stereocenters. The van der Waals surface area contributed by atoms with Gasteiger partial charge in [-0.1, -0.05) is 6.07 Å². The third-order valence-corrected chi connectivity index (χ3v) is 6.11. The standard InChI is InChI=1S/C23H15F5N2O3S/c1-13-9-22(18-11-15(24)5-7-20(18)29-13)33-16-6-8-21(19(25)12-16)30-34(31,32)17-4-2-3-14(10-17)23(26,27)28/h2-12,30H,1H3. The second-order valence-electron chi connectivity index (χ2n) is 7.30. The molecule has 1 aromatic heterocycles. The van der Waals surface area contributed by atoms with Gasteiger partial charge in [0.2, 0.25) is 0 Å². The molecule has 3 aromatic carbocycles. The minimum absolute atomic E-state index is 0.0179. The van der Waals surface area contributed by atoms with Gasteiger partial charge in [0.1, 0.15) is 17.3 Å². The van der Waals surface area contributed by atoms with Crippen LogP contribution in [0.5, 0.6) is 11.5 Å². The Hall–Kier alpha value is -3.73. The summed E-state index contributed by atoms with van der Waals surface area (Å²) in [6, 6.07) is 11.7. The molecule has 4 aromatic rings. The van der Waals surface area contributed by atoms with Gasteiger partial charge in [0, 0.05) is 23.2 Å². The normalized spacial score (nSPS) is 12.1. The molecule has 0 bridgehead atoms. The fourth-order valence-electron chi connectivity index (χ4n) is 3.19. The Bertz CT molecular complexity index is 1500. The van der Waals surface area contributed by atoms with Crippen molar-refractivity contribution in [1.29, 1.82) is 0 Å². The maximum absolute atomic E-state index is 14.7. The molecule has 1 N–H and O–H groups in total. The number of nitrogens with one attached hydrogen (secondary N) is 1. The molecule has 0 radical (unpaired) electrons. The molecule has 0 amide bonds. The number of anilines is 1. The van der Waals surface area contributed by atoms with Crippen LogP contribution in [-0.4, -0.2) is 13.4 Å². The summed E-state index contributed by atoms with van der Waals surface area (Å²) in [5.41, 5.74) is -0.620. The van der Waals surface area contributed by atoms with Crippen molar-refractivity contribution >= 4 is 26.6 Å². The van der Waals surface area contributed by atoms with Crippen LogP contribution < -0.4 is 9.46 Å². The number of ether oxygens (including phenoxy) is 1. The molecule has 0 unspecified atom stereocenters. The summed E-state index contributed by atoms with van der Waals surface area (Å²) in [5, 5.41) is 0.348. The predicted molar refractivity (Wildman–Crippen MR) is 115 cm³/mol. The van der Waals surface area contributed by atoms with Crippen LogP contribution in [-0.2, 0) is 16.2 Å². The number of hydrogen-bond acceptors (Lipinski definition) is 4. The summed E-state index contributed by atoms with van der Waals surface area (Å²) >= 11 is 0. The maximum Gasteiger partial charge on any atom is 0.416 e. The Labute approximate surface area is 190 Å². The van der Waals surface area contributed by atoms with Crippen LogP contribution in [0.3, 0.4) is 0 Å². The minimum atomic E-state index is -4.74. The van der Waals surface area contributed by atoms with E-state index in [4.69, 9.17) is 4.74 Å². The van der Waals surface area contributed by atoms with Crippen molar-refractivity contribution in [1.82, 2.24) is 4.98 Å².